The molecular formula is C21H23N3O4S. The molecule has 0 spiro atoms. The minimum absolute atomic E-state index is 0.0541. The molecule has 0 radical (unpaired) electrons. The smallest absolute Gasteiger partial charge is 0.241 e. The van der Waals surface area contributed by atoms with E-state index in [1.807, 2.05) is 31.2 Å². The molecule has 0 aliphatic carbocycles. The Bertz CT molecular complexity index is 1110. The summed E-state index contributed by atoms with van der Waals surface area (Å²) < 4.78 is 38.6. The van der Waals surface area contributed by atoms with Gasteiger partial charge in [-0.05, 0) is 67.4 Å². The van der Waals surface area contributed by atoms with E-state index in [0.29, 0.717) is 22.7 Å². The Balaban J connectivity index is 1.79. The maximum absolute atomic E-state index is 12.8. The van der Waals surface area contributed by atoms with Crippen molar-refractivity contribution < 1.29 is 17.9 Å². The van der Waals surface area contributed by atoms with Gasteiger partial charge in [0.15, 0.2) is 0 Å². The van der Waals surface area contributed by atoms with Crippen LogP contribution in [0, 0.1) is 13.8 Å². The third kappa shape index (κ3) is 4.72. The van der Waals surface area contributed by atoms with Crippen LogP contribution in [0.5, 0.6) is 11.5 Å². The first-order chi connectivity index (χ1) is 13.8. The summed E-state index contributed by atoms with van der Waals surface area (Å²) >= 11 is 0. The lowest BCUT2D eigenvalue weighted by Gasteiger charge is -2.13. The first-order valence-electron chi connectivity index (χ1n) is 8.94. The molecule has 1 heterocycles. The standard InChI is InChI=1S/C21H23N3O4S/c1-14-10-21(15(2)9-20(14)28-4)29(25,26)24-12-17-11-19(23-13-22-17)16-5-7-18(27-3)8-6-16/h5-11,13,24H,12H2,1-4H3. The molecule has 2 aromatic carbocycles. The highest BCUT2D eigenvalue weighted by atomic mass is 32.2. The molecule has 29 heavy (non-hydrogen) atoms. The van der Waals surface area contributed by atoms with Gasteiger partial charge in [-0.1, -0.05) is 0 Å². The molecule has 8 heteroatoms. The van der Waals surface area contributed by atoms with E-state index in [9.17, 15) is 8.42 Å². The number of hydrogen-bond donors (Lipinski definition) is 1. The van der Waals surface area contributed by atoms with Gasteiger partial charge in [-0.2, -0.15) is 0 Å². The Kier molecular flexibility index (Phi) is 6.14. The van der Waals surface area contributed by atoms with Crippen LogP contribution in [0.15, 0.2) is 53.7 Å². The van der Waals surface area contributed by atoms with Gasteiger partial charge in [-0.25, -0.2) is 23.1 Å². The van der Waals surface area contributed by atoms with E-state index in [4.69, 9.17) is 9.47 Å². The zero-order valence-electron chi connectivity index (χ0n) is 16.8. The summed E-state index contributed by atoms with van der Waals surface area (Å²) in [5, 5.41) is 0. The molecule has 3 aromatic rings. The van der Waals surface area contributed by atoms with Crippen LogP contribution in [0.3, 0.4) is 0 Å². The monoisotopic (exact) mass is 413 g/mol. The maximum atomic E-state index is 12.8. The van der Waals surface area contributed by atoms with E-state index in [1.54, 1.807) is 39.3 Å². The molecule has 152 valence electrons. The highest BCUT2D eigenvalue weighted by Crippen LogP contribution is 2.26. The van der Waals surface area contributed by atoms with Gasteiger partial charge in [-0.15, -0.1) is 0 Å². The van der Waals surface area contributed by atoms with Crippen LogP contribution in [0.25, 0.3) is 11.3 Å². The van der Waals surface area contributed by atoms with Crippen LogP contribution in [0.2, 0.25) is 0 Å². The summed E-state index contributed by atoms with van der Waals surface area (Å²) in [4.78, 5) is 8.67. The summed E-state index contributed by atoms with van der Waals surface area (Å²) in [6.45, 7) is 3.60. The molecule has 1 N–H and O–H groups in total. The number of sulfonamides is 1. The van der Waals surface area contributed by atoms with E-state index in [-0.39, 0.29) is 11.4 Å². The molecule has 0 aliphatic heterocycles. The fourth-order valence-corrected chi connectivity index (χ4v) is 4.24. The number of methoxy groups -OCH3 is 2. The van der Waals surface area contributed by atoms with Crippen LogP contribution in [0.4, 0.5) is 0 Å². The number of nitrogens with zero attached hydrogens (tertiary/aromatic N) is 2. The quantitative estimate of drug-likeness (QED) is 0.639. The van der Waals surface area contributed by atoms with Crippen LogP contribution in [0.1, 0.15) is 16.8 Å². The number of aryl methyl sites for hydroxylation is 2. The SMILES string of the molecule is COc1ccc(-c2cc(CNS(=O)(=O)c3cc(C)c(OC)cc3C)ncn2)cc1. The van der Waals surface area contributed by atoms with E-state index in [0.717, 1.165) is 16.9 Å². The van der Waals surface area contributed by atoms with E-state index in [2.05, 4.69) is 14.7 Å². The van der Waals surface area contributed by atoms with Crippen molar-refractivity contribution in [2.45, 2.75) is 25.3 Å². The van der Waals surface area contributed by atoms with Gasteiger partial charge in [0.1, 0.15) is 17.8 Å². The number of rotatable bonds is 7. The van der Waals surface area contributed by atoms with E-state index < -0.39 is 10.0 Å². The van der Waals surface area contributed by atoms with Gasteiger partial charge in [0, 0.05) is 5.56 Å². The molecule has 0 fully saturated rings. The molecule has 0 saturated heterocycles. The van der Waals surface area contributed by atoms with Crippen LogP contribution in [-0.2, 0) is 16.6 Å². The van der Waals surface area contributed by atoms with Gasteiger partial charge in [0.05, 0.1) is 37.0 Å². The van der Waals surface area contributed by atoms with Crippen molar-refractivity contribution in [1.82, 2.24) is 14.7 Å². The Labute approximate surface area is 170 Å². The van der Waals surface area contributed by atoms with Gasteiger partial charge in [0.25, 0.3) is 0 Å². The lowest BCUT2D eigenvalue weighted by molar-refractivity contribution is 0.411. The van der Waals surface area contributed by atoms with Gasteiger partial charge in [0.2, 0.25) is 10.0 Å². The van der Waals surface area contributed by atoms with Crippen molar-refractivity contribution in [3.05, 3.63) is 65.6 Å². The average Bonchev–Trinajstić information content (AvgIpc) is 2.74. The second kappa shape index (κ2) is 8.59. The third-order valence-electron chi connectivity index (χ3n) is 4.53. The molecule has 0 bridgehead atoms. The fraction of sp³-hybridized carbons (Fsp3) is 0.238. The van der Waals surface area contributed by atoms with Gasteiger partial charge >= 0.3 is 0 Å². The first-order valence-corrected chi connectivity index (χ1v) is 10.4. The molecule has 1 aromatic heterocycles. The van der Waals surface area contributed by atoms with Crippen molar-refractivity contribution in [3.8, 4) is 22.8 Å². The molecular weight excluding hydrogens is 390 g/mol. The summed E-state index contributed by atoms with van der Waals surface area (Å²) in [5.74, 6) is 1.40. The number of hydrogen-bond acceptors (Lipinski definition) is 6. The summed E-state index contributed by atoms with van der Waals surface area (Å²) in [6.07, 6.45) is 1.42. The molecule has 0 amide bonds. The van der Waals surface area contributed by atoms with Crippen molar-refractivity contribution in [2.24, 2.45) is 0 Å². The zero-order valence-corrected chi connectivity index (χ0v) is 17.6. The molecule has 3 rings (SSSR count). The highest BCUT2D eigenvalue weighted by molar-refractivity contribution is 7.89. The van der Waals surface area contributed by atoms with Crippen molar-refractivity contribution in [2.75, 3.05) is 14.2 Å². The largest absolute Gasteiger partial charge is 0.497 e. The molecule has 7 nitrogen and oxygen atoms in total. The first kappa shape index (κ1) is 20.8. The normalized spacial score (nSPS) is 11.3. The van der Waals surface area contributed by atoms with Crippen LogP contribution in [-0.4, -0.2) is 32.6 Å². The topological polar surface area (TPSA) is 90.4 Å². The van der Waals surface area contributed by atoms with Crippen LogP contribution >= 0.6 is 0 Å². The maximum Gasteiger partial charge on any atom is 0.241 e. The zero-order chi connectivity index (χ0) is 21.0. The number of nitrogens with one attached hydrogen (secondary N) is 1. The molecule has 0 unspecified atom stereocenters. The molecule has 0 saturated carbocycles. The Morgan fingerprint density at radius 3 is 2.31 bits per heavy atom. The number of benzene rings is 2. The van der Waals surface area contributed by atoms with E-state index >= 15 is 0 Å². The summed E-state index contributed by atoms with van der Waals surface area (Å²) in [6, 6.07) is 12.5. The number of ether oxygens (including phenoxy) is 2. The second-order valence-electron chi connectivity index (χ2n) is 6.53. The van der Waals surface area contributed by atoms with Crippen molar-refractivity contribution >= 4 is 10.0 Å². The molecule has 0 aliphatic rings. The van der Waals surface area contributed by atoms with Gasteiger partial charge < -0.3 is 9.47 Å². The lowest BCUT2D eigenvalue weighted by atomic mass is 10.1. The Morgan fingerprint density at radius 2 is 1.66 bits per heavy atom. The Hall–Kier alpha value is -2.97. The van der Waals surface area contributed by atoms with Gasteiger partial charge in [-0.3, -0.25) is 0 Å². The third-order valence-corrected chi connectivity index (χ3v) is 6.08. The van der Waals surface area contributed by atoms with Crippen LogP contribution < -0.4 is 14.2 Å². The minimum Gasteiger partial charge on any atom is -0.497 e. The summed E-state index contributed by atoms with van der Waals surface area (Å²) in [5.41, 5.74) is 3.52. The number of aromatic nitrogens is 2. The average molecular weight is 413 g/mol. The summed E-state index contributed by atoms with van der Waals surface area (Å²) in [7, 11) is -0.539. The highest BCUT2D eigenvalue weighted by Gasteiger charge is 2.19. The molecule has 0 atom stereocenters. The van der Waals surface area contributed by atoms with Crippen molar-refractivity contribution in [1.29, 1.82) is 0 Å². The Morgan fingerprint density at radius 1 is 0.931 bits per heavy atom. The second-order valence-corrected chi connectivity index (χ2v) is 8.27. The van der Waals surface area contributed by atoms with E-state index in [1.165, 1.54) is 6.33 Å². The fourth-order valence-electron chi connectivity index (χ4n) is 2.93. The van der Waals surface area contributed by atoms with Crippen molar-refractivity contribution in [3.63, 3.8) is 0 Å². The predicted molar refractivity (Wildman–Crippen MR) is 111 cm³/mol. The lowest BCUT2D eigenvalue weighted by Crippen LogP contribution is -2.24. The predicted octanol–water partition coefficient (Wildman–Crippen LogP) is 3.26. The minimum atomic E-state index is -3.71.